The van der Waals surface area contributed by atoms with E-state index in [4.69, 9.17) is 19.4 Å². The number of methoxy groups -OCH3 is 2. The molecule has 2 fully saturated rings. The molecule has 2 aromatic heterocycles. The van der Waals surface area contributed by atoms with Gasteiger partial charge in [-0.3, -0.25) is 4.98 Å². The van der Waals surface area contributed by atoms with Crippen LogP contribution in [0.3, 0.4) is 0 Å². The molecule has 0 aromatic carbocycles. The summed E-state index contributed by atoms with van der Waals surface area (Å²) in [5.74, 6) is 1.17. The van der Waals surface area contributed by atoms with Gasteiger partial charge in [0.1, 0.15) is 5.52 Å². The number of nitrogens with zero attached hydrogens (tertiary/aromatic N) is 3. The summed E-state index contributed by atoms with van der Waals surface area (Å²) in [5, 5.41) is 3.90. The fourth-order valence-corrected chi connectivity index (χ4v) is 5.48. The molecule has 3 heterocycles. The summed E-state index contributed by atoms with van der Waals surface area (Å²) in [5.41, 5.74) is 5.58. The van der Waals surface area contributed by atoms with Crippen LogP contribution in [0.15, 0.2) is 6.07 Å². The summed E-state index contributed by atoms with van der Waals surface area (Å²) in [4.78, 5) is 12.4. The average Bonchev–Trinajstić information content (AvgIpc) is 3.45. The van der Waals surface area contributed by atoms with Crippen LogP contribution in [0.1, 0.15) is 56.2 Å². The van der Waals surface area contributed by atoms with Crippen LogP contribution >= 0.6 is 0 Å². The molecule has 2 aliphatic carbocycles. The van der Waals surface area contributed by atoms with E-state index in [-0.39, 0.29) is 0 Å². The highest BCUT2D eigenvalue weighted by atomic mass is 16.5. The lowest BCUT2D eigenvalue weighted by atomic mass is 10.0. The van der Waals surface area contributed by atoms with E-state index in [1.807, 2.05) is 6.07 Å². The van der Waals surface area contributed by atoms with Gasteiger partial charge >= 0.3 is 0 Å². The Kier molecular flexibility index (Phi) is 5.20. The molecule has 1 saturated heterocycles. The van der Waals surface area contributed by atoms with Gasteiger partial charge in [-0.2, -0.15) is 0 Å². The molecule has 0 amide bonds. The molecule has 0 radical (unpaired) electrons. The van der Waals surface area contributed by atoms with Gasteiger partial charge in [-0.05, 0) is 50.5 Å². The SMILES string of the molecule is COc1cc2nc3c(c(NC4CCN(C5CCCC5)CC4)c2nc1OC)CCC3. The highest BCUT2D eigenvalue weighted by Gasteiger charge is 2.29. The Morgan fingerprint density at radius 2 is 1.76 bits per heavy atom. The zero-order valence-corrected chi connectivity index (χ0v) is 17.7. The Balaban J connectivity index is 1.43. The van der Waals surface area contributed by atoms with Crippen molar-refractivity contribution in [2.24, 2.45) is 0 Å². The summed E-state index contributed by atoms with van der Waals surface area (Å²) >= 11 is 0. The van der Waals surface area contributed by atoms with Crippen molar-refractivity contribution in [2.75, 3.05) is 32.6 Å². The van der Waals surface area contributed by atoms with Gasteiger partial charge < -0.3 is 19.7 Å². The van der Waals surface area contributed by atoms with Gasteiger partial charge in [0, 0.05) is 36.9 Å². The van der Waals surface area contributed by atoms with E-state index in [1.54, 1.807) is 14.2 Å². The lowest BCUT2D eigenvalue weighted by Crippen LogP contribution is -2.43. The summed E-state index contributed by atoms with van der Waals surface area (Å²) in [7, 11) is 3.29. The maximum atomic E-state index is 5.48. The minimum atomic E-state index is 0.498. The van der Waals surface area contributed by atoms with Crippen LogP contribution in [0.2, 0.25) is 0 Å². The molecule has 6 heteroatoms. The Labute approximate surface area is 173 Å². The first kappa shape index (κ1) is 18.9. The maximum Gasteiger partial charge on any atom is 0.257 e. The van der Waals surface area contributed by atoms with Gasteiger partial charge in [0.2, 0.25) is 0 Å². The molecule has 29 heavy (non-hydrogen) atoms. The molecule has 5 rings (SSSR count). The van der Waals surface area contributed by atoms with Crippen molar-refractivity contribution in [2.45, 2.75) is 69.9 Å². The van der Waals surface area contributed by atoms with Crippen molar-refractivity contribution >= 4 is 16.7 Å². The van der Waals surface area contributed by atoms with Crippen LogP contribution < -0.4 is 14.8 Å². The molecule has 6 nitrogen and oxygen atoms in total. The Hall–Kier alpha value is -2.08. The van der Waals surface area contributed by atoms with Crippen molar-refractivity contribution < 1.29 is 9.47 Å². The highest BCUT2D eigenvalue weighted by molar-refractivity contribution is 5.92. The first-order valence-electron chi connectivity index (χ1n) is 11.2. The third-order valence-corrected chi connectivity index (χ3v) is 7.05. The van der Waals surface area contributed by atoms with Crippen molar-refractivity contribution in [3.8, 4) is 11.6 Å². The first-order chi connectivity index (χ1) is 14.3. The van der Waals surface area contributed by atoms with Crippen LogP contribution in [-0.2, 0) is 12.8 Å². The van der Waals surface area contributed by atoms with Gasteiger partial charge in [0.15, 0.2) is 5.75 Å². The van der Waals surface area contributed by atoms with Crippen LogP contribution in [0.25, 0.3) is 11.0 Å². The first-order valence-corrected chi connectivity index (χ1v) is 11.2. The summed E-state index contributed by atoms with van der Waals surface area (Å²) in [6.07, 6.45) is 11.3. The van der Waals surface area contributed by atoms with E-state index in [9.17, 15) is 0 Å². The summed E-state index contributed by atoms with van der Waals surface area (Å²) in [6.45, 7) is 2.41. The predicted molar refractivity (Wildman–Crippen MR) is 115 cm³/mol. The number of likely N-dealkylation sites (tertiary alicyclic amines) is 1. The van der Waals surface area contributed by atoms with Crippen LogP contribution in [-0.4, -0.2) is 54.3 Å². The second-order valence-corrected chi connectivity index (χ2v) is 8.73. The molecule has 0 bridgehead atoms. The van der Waals surface area contributed by atoms with E-state index < -0.39 is 0 Å². The molecule has 0 atom stereocenters. The maximum absolute atomic E-state index is 5.48. The largest absolute Gasteiger partial charge is 0.491 e. The molecular weight excluding hydrogens is 364 g/mol. The van der Waals surface area contributed by atoms with Crippen LogP contribution in [0.5, 0.6) is 11.6 Å². The number of nitrogens with one attached hydrogen (secondary N) is 1. The van der Waals surface area contributed by atoms with Gasteiger partial charge in [-0.25, -0.2) is 4.98 Å². The number of hydrogen-bond acceptors (Lipinski definition) is 6. The summed E-state index contributed by atoms with van der Waals surface area (Å²) in [6, 6.07) is 3.30. The summed E-state index contributed by atoms with van der Waals surface area (Å²) < 4.78 is 10.9. The zero-order chi connectivity index (χ0) is 19.8. The molecule has 1 aliphatic heterocycles. The molecule has 156 valence electrons. The smallest absolute Gasteiger partial charge is 0.257 e. The Morgan fingerprint density at radius 3 is 2.48 bits per heavy atom. The number of hydrogen-bond donors (Lipinski definition) is 1. The highest BCUT2D eigenvalue weighted by Crippen LogP contribution is 2.38. The molecule has 0 spiro atoms. The molecule has 2 aromatic rings. The molecule has 0 unspecified atom stereocenters. The van der Waals surface area contributed by atoms with Gasteiger partial charge in [0.25, 0.3) is 5.88 Å². The number of aromatic nitrogens is 2. The normalized spacial score (nSPS) is 20.9. The number of ether oxygens (including phenoxy) is 2. The van der Waals surface area contributed by atoms with E-state index >= 15 is 0 Å². The number of rotatable bonds is 5. The number of aryl methyl sites for hydroxylation is 1. The second kappa shape index (κ2) is 7.98. The third-order valence-electron chi connectivity index (χ3n) is 7.05. The lowest BCUT2D eigenvalue weighted by molar-refractivity contribution is 0.159. The second-order valence-electron chi connectivity index (χ2n) is 8.73. The quantitative estimate of drug-likeness (QED) is 0.826. The fraction of sp³-hybridized carbons (Fsp3) is 0.652. The Morgan fingerprint density at radius 1 is 0.966 bits per heavy atom. The molecule has 1 N–H and O–H groups in total. The fourth-order valence-electron chi connectivity index (χ4n) is 5.48. The molecule has 3 aliphatic rings. The lowest BCUT2D eigenvalue weighted by Gasteiger charge is -2.37. The van der Waals surface area contributed by atoms with Crippen LogP contribution in [0.4, 0.5) is 5.69 Å². The molecule has 1 saturated carbocycles. The monoisotopic (exact) mass is 396 g/mol. The zero-order valence-electron chi connectivity index (χ0n) is 17.7. The molecular formula is C23H32N4O2. The van der Waals surface area contributed by atoms with Gasteiger partial charge in [-0.15, -0.1) is 0 Å². The average molecular weight is 397 g/mol. The number of anilines is 1. The predicted octanol–water partition coefficient (Wildman–Crippen LogP) is 3.95. The Bertz CT molecular complexity index is 886. The minimum absolute atomic E-state index is 0.498. The number of pyridine rings is 2. The minimum Gasteiger partial charge on any atom is -0.491 e. The van der Waals surface area contributed by atoms with E-state index in [1.165, 1.54) is 75.0 Å². The number of piperidine rings is 1. The van der Waals surface area contributed by atoms with Gasteiger partial charge in [-0.1, -0.05) is 12.8 Å². The van der Waals surface area contributed by atoms with Crippen molar-refractivity contribution in [3.05, 3.63) is 17.3 Å². The third kappa shape index (κ3) is 3.52. The van der Waals surface area contributed by atoms with E-state index in [0.717, 1.165) is 29.9 Å². The topological polar surface area (TPSA) is 59.5 Å². The van der Waals surface area contributed by atoms with E-state index in [2.05, 4.69) is 10.2 Å². The van der Waals surface area contributed by atoms with Crippen molar-refractivity contribution in [1.29, 1.82) is 0 Å². The standard InChI is InChI=1S/C23H32N4O2/c1-28-20-14-19-22(26-23(20)29-2)21(17-8-5-9-18(17)25-19)24-15-10-12-27(13-11-15)16-6-3-4-7-16/h14-16H,3-13H2,1-2H3,(H,24,25). The van der Waals surface area contributed by atoms with Crippen molar-refractivity contribution in [3.63, 3.8) is 0 Å². The van der Waals surface area contributed by atoms with Gasteiger partial charge in [0.05, 0.1) is 25.4 Å². The van der Waals surface area contributed by atoms with Crippen LogP contribution in [0, 0.1) is 0 Å². The number of fused-ring (bicyclic) bond motifs is 2. The van der Waals surface area contributed by atoms with Crippen molar-refractivity contribution in [1.82, 2.24) is 14.9 Å². The van der Waals surface area contributed by atoms with E-state index in [0.29, 0.717) is 17.7 Å².